The van der Waals surface area contributed by atoms with Crippen LogP contribution < -0.4 is 5.32 Å². The molecule has 0 radical (unpaired) electrons. The summed E-state index contributed by atoms with van der Waals surface area (Å²) < 4.78 is 23.7. The number of carbonyl (C=O) groups is 1. The van der Waals surface area contributed by atoms with Gasteiger partial charge >= 0.3 is 7.82 Å². The summed E-state index contributed by atoms with van der Waals surface area (Å²) in [7, 11) is 1.54. The number of phosphoric ester groups is 1. The van der Waals surface area contributed by atoms with E-state index in [0.29, 0.717) is 17.4 Å². The van der Waals surface area contributed by atoms with E-state index in [9.17, 15) is 19.4 Å². The Hall–Kier alpha value is -2.58. The standard InChI is InChI=1S/C63H113N2O6P/c1-6-8-10-12-14-16-18-20-22-24-26-28-30-31-32-33-35-37-39-41-43-45-47-49-51-53-55-57-63(67)64-61(60-71-72(68,69)70-59-58-65(3,4)5)62(66)56-54-52-50-48-46-44-42-40-38-36-34-29-27-25-23-21-19-17-15-13-11-9-7-2/h8,10,14,16,20,22,26,28,31-32,38,40,46,48,54,56,61-62,66H,6-7,9,11-13,15,17-19,21,23-25,27,29-30,33-37,39,41-45,47,49-53,55,57-60H2,1-5H3,(H-,64,67,68,69)/p+1/b10-8-,16-14-,22-20-,28-26-,32-31-,40-38+,48-46+,56-54+. The maximum Gasteiger partial charge on any atom is 0.472 e. The fraction of sp³-hybridized carbons (Fsp3) is 0.730. The molecular formula is C63H114N2O6P+. The zero-order valence-electron chi connectivity index (χ0n) is 47.4. The molecule has 0 heterocycles. The number of aliphatic hydroxyl groups is 1. The van der Waals surface area contributed by atoms with Crippen LogP contribution in [0.1, 0.15) is 245 Å². The van der Waals surface area contributed by atoms with Crippen molar-refractivity contribution in [1.82, 2.24) is 5.32 Å². The Labute approximate surface area is 445 Å². The van der Waals surface area contributed by atoms with E-state index in [1.54, 1.807) is 6.08 Å². The minimum Gasteiger partial charge on any atom is -0.387 e. The van der Waals surface area contributed by atoms with Crippen LogP contribution in [0.3, 0.4) is 0 Å². The van der Waals surface area contributed by atoms with Crippen LogP contribution in [-0.2, 0) is 18.4 Å². The summed E-state index contributed by atoms with van der Waals surface area (Å²) in [6.45, 7) is 4.68. The molecule has 0 rings (SSSR count). The van der Waals surface area contributed by atoms with Crippen LogP contribution >= 0.6 is 7.82 Å². The van der Waals surface area contributed by atoms with E-state index in [0.717, 1.165) is 77.0 Å². The summed E-state index contributed by atoms with van der Waals surface area (Å²) >= 11 is 0. The lowest BCUT2D eigenvalue weighted by atomic mass is 10.0. The molecule has 416 valence electrons. The first-order chi connectivity index (χ1) is 35.0. The Morgan fingerprint density at radius 2 is 0.847 bits per heavy atom. The minimum atomic E-state index is -4.37. The van der Waals surface area contributed by atoms with Crippen molar-refractivity contribution in [2.45, 2.75) is 257 Å². The van der Waals surface area contributed by atoms with Crippen molar-refractivity contribution in [3.63, 3.8) is 0 Å². The predicted molar refractivity (Wildman–Crippen MR) is 313 cm³/mol. The fourth-order valence-corrected chi connectivity index (χ4v) is 8.90. The number of nitrogens with zero attached hydrogens (tertiary/aromatic N) is 1. The van der Waals surface area contributed by atoms with Gasteiger partial charge in [-0.05, 0) is 89.9 Å². The lowest BCUT2D eigenvalue weighted by Crippen LogP contribution is -2.45. The smallest absolute Gasteiger partial charge is 0.387 e. The molecule has 0 aliphatic heterocycles. The molecule has 0 aromatic heterocycles. The van der Waals surface area contributed by atoms with Crippen molar-refractivity contribution in [3.8, 4) is 0 Å². The number of hydrogen-bond acceptors (Lipinski definition) is 5. The second-order valence-corrected chi connectivity index (χ2v) is 22.4. The summed E-state index contributed by atoms with van der Waals surface area (Å²) in [6.07, 6.45) is 76.6. The van der Waals surface area contributed by atoms with Crippen molar-refractivity contribution < 1.29 is 32.9 Å². The largest absolute Gasteiger partial charge is 0.472 e. The van der Waals surface area contributed by atoms with Crippen LogP contribution in [0, 0.1) is 0 Å². The van der Waals surface area contributed by atoms with Crippen LogP contribution in [0.4, 0.5) is 0 Å². The second kappa shape index (κ2) is 53.3. The molecule has 0 saturated heterocycles. The zero-order chi connectivity index (χ0) is 52.7. The Bertz CT molecular complexity index is 1490. The third-order valence-electron chi connectivity index (χ3n) is 12.8. The number of aliphatic hydroxyl groups excluding tert-OH is 1. The van der Waals surface area contributed by atoms with E-state index in [-0.39, 0.29) is 19.1 Å². The molecule has 3 unspecified atom stereocenters. The van der Waals surface area contributed by atoms with Gasteiger partial charge in [-0.25, -0.2) is 4.57 Å². The van der Waals surface area contributed by atoms with Gasteiger partial charge in [0.15, 0.2) is 0 Å². The number of phosphoric acid groups is 1. The summed E-state index contributed by atoms with van der Waals surface area (Å²) in [5.74, 6) is -0.197. The molecule has 0 fully saturated rings. The fourth-order valence-electron chi connectivity index (χ4n) is 8.16. The highest BCUT2D eigenvalue weighted by Crippen LogP contribution is 2.43. The van der Waals surface area contributed by atoms with E-state index >= 15 is 0 Å². The molecule has 9 heteroatoms. The lowest BCUT2D eigenvalue weighted by molar-refractivity contribution is -0.870. The van der Waals surface area contributed by atoms with Crippen molar-refractivity contribution in [2.24, 2.45) is 0 Å². The van der Waals surface area contributed by atoms with E-state index in [1.165, 1.54) is 148 Å². The van der Waals surface area contributed by atoms with Gasteiger partial charge in [-0.2, -0.15) is 0 Å². The van der Waals surface area contributed by atoms with Gasteiger partial charge in [0.2, 0.25) is 5.91 Å². The van der Waals surface area contributed by atoms with Crippen LogP contribution in [0.5, 0.6) is 0 Å². The van der Waals surface area contributed by atoms with Crippen LogP contribution in [0.25, 0.3) is 0 Å². The molecule has 0 aliphatic rings. The van der Waals surface area contributed by atoms with E-state index in [2.05, 4.69) is 104 Å². The van der Waals surface area contributed by atoms with Crippen molar-refractivity contribution in [1.29, 1.82) is 0 Å². The third-order valence-corrected chi connectivity index (χ3v) is 13.7. The Balaban J connectivity index is 4.29. The second-order valence-electron chi connectivity index (χ2n) is 21.0. The average molecular weight is 1030 g/mol. The van der Waals surface area contributed by atoms with Gasteiger partial charge < -0.3 is 19.8 Å². The summed E-state index contributed by atoms with van der Waals surface area (Å²) in [5.41, 5.74) is 0. The molecule has 0 saturated carbocycles. The van der Waals surface area contributed by atoms with E-state index < -0.39 is 20.0 Å². The average Bonchev–Trinajstić information content (AvgIpc) is 3.34. The highest BCUT2D eigenvalue weighted by atomic mass is 31.2. The maximum absolute atomic E-state index is 13.0. The van der Waals surface area contributed by atoms with Gasteiger partial charge in [-0.3, -0.25) is 13.8 Å². The molecule has 3 N–H and O–H groups in total. The van der Waals surface area contributed by atoms with E-state index in [4.69, 9.17) is 9.05 Å². The number of amides is 1. The maximum atomic E-state index is 13.0. The Kier molecular flexibility index (Phi) is 51.3. The molecule has 72 heavy (non-hydrogen) atoms. The first-order valence-corrected chi connectivity index (χ1v) is 31.1. The lowest BCUT2D eigenvalue weighted by Gasteiger charge is -2.25. The topological polar surface area (TPSA) is 105 Å². The monoisotopic (exact) mass is 1030 g/mol. The van der Waals surface area contributed by atoms with Crippen LogP contribution in [0.15, 0.2) is 97.2 Å². The Morgan fingerprint density at radius 1 is 0.486 bits per heavy atom. The summed E-state index contributed by atoms with van der Waals surface area (Å²) in [6, 6.07) is -0.878. The van der Waals surface area contributed by atoms with Crippen molar-refractivity contribution in [2.75, 3.05) is 40.9 Å². The molecule has 0 aromatic carbocycles. The quantitative estimate of drug-likeness (QED) is 0.0243. The minimum absolute atomic E-state index is 0.0487. The molecule has 0 bridgehead atoms. The first-order valence-electron chi connectivity index (χ1n) is 29.6. The van der Waals surface area contributed by atoms with Gasteiger partial charge in [-0.15, -0.1) is 0 Å². The van der Waals surface area contributed by atoms with Gasteiger partial charge in [0, 0.05) is 6.42 Å². The number of unbranched alkanes of at least 4 members (excludes halogenated alkanes) is 26. The third kappa shape index (κ3) is 55.2. The zero-order valence-corrected chi connectivity index (χ0v) is 48.3. The van der Waals surface area contributed by atoms with Crippen molar-refractivity contribution >= 4 is 13.7 Å². The molecule has 1 amide bonds. The number of hydrogen-bond donors (Lipinski definition) is 3. The molecule has 8 nitrogen and oxygen atoms in total. The van der Waals surface area contributed by atoms with Crippen molar-refractivity contribution in [3.05, 3.63) is 97.2 Å². The number of likely N-dealkylation sites (N-methyl/N-ethyl adjacent to an activating group) is 1. The van der Waals surface area contributed by atoms with Gasteiger partial charge in [-0.1, -0.05) is 246 Å². The summed E-state index contributed by atoms with van der Waals surface area (Å²) in [4.78, 5) is 23.3. The molecule has 0 spiro atoms. The van der Waals surface area contributed by atoms with Gasteiger partial charge in [0.1, 0.15) is 13.2 Å². The number of quaternary nitrogens is 1. The first kappa shape index (κ1) is 69.4. The SMILES string of the molecule is CC/C=C\C/C=C\C/C=C\C/C=C\C/C=C\CCCCCCCCCCCCCC(=O)NC(COP(=O)(O)OCC[N+](C)(C)C)C(O)/C=C/CC/C=C/CC/C=C/CCCCCCCCCCCCCCC. The van der Waals surface area contributed by atoms with Gasteiger partial charge in [0.25, 0.3) is 0 Å². The van der Waals surface area contributed by atoms with E-state index in [1.807, 2.05) is 27.2 Å². The Morgan fingerprint density at radius 3 is 1.28 bits per heavy atom. The molecular weight excluding hydrogens is 912 g/mol. The predicted octanol–water partition coefficient (Wildman–Crippen LogP) is 18.2. The van der Waals surface area contributed by atoms with Gasteiger partial charge in [0.05, 0.1) is 39.9 Å². The number of allylic oxidation sites excluding steroid dienone is 15. The number of rotatable bonds is 53. The summed E-state index contributed by atoms with van der Waals surface area (Å²) in [5, 5.41) is 13.9. The number of carbonyl (C=O) groups excluding carboxylic acids is 1. The van der Waals surface area contributed by atoms with Crippen LogP contribution in [-0.4, -0.2) is 73.4 Å². The highest BCUT2D eigenvalue weighted by Gasteiger charge is 2.27. The number of nitrogens with one attached hydrogen (secondary N) is 1. The highest BCUT2D eigenvalue weighted by molar-refractivity contribution is 7.47. The molecule has 0 aromatic rings. The van der Waals surface area contributed by atoms with Crippen LogP contribution in [0.2, 0.25) is 0 Å². The normalized spacial score (nSPS) is 14.6. The molecule has 3 atom stereocenters. The molecule has 0 aliphatic carbocycles.